The van der Waals surface area contributed by atoms with Crippen LogP contribution >= 0.6 is 0 Å². The molecule has 1 heterocycles. The minimum Gasteiger partial charge on any atom is -0.394 e. The van der Waals surface area contributed by atoms with Gasteiger partial charge in [0.25, 0.3) is 5.91 Å². The predicted molar refractivity (Wildman–Crippen MR) is 66.7 cm³/mol. The molecule has 0 fully saturated rings. The summed E-state index contributed by atoms with van der Waals surface area (Å²) >= 11 is 0. The summed E-state index contributed by atoms with van der Waals surface area (Å²) in [5.41, 5.74) is 6.52. The first-order chi connectivity index (χ1) is 8.70. The molecule has 2 rings (SSSR count). The molecule has 5 N–H and O–H groups in total. The van der Waals surface area contributed by atoms with Crippen molar-refractivity contribution < 1.29 is 9.90 Å². The van der Waals surface area contributed by atoms with Crippen LogP contribution in [0.5, 0.6) is 0 Å². The number of nitrogens with zero attached hydrogens (tertiary/aromatic N) is 1. The second-order valence-electron chi connectivity index (χ2n) is 3.83. The van der Waals surface area contributed by atoms with E-state index in [2.05, 4.69) is 15.5 Å². The van der Waals surface area contributed by atoms with Gasteiger partial charge in [-0.2, -0.15) is 5.10 Å². The average molecular weight is 246 g/mol. The van der Waals surface area contributed by atoms with E-state index in [1.165, 1.54) is 6.07 Å². The molecule has 0 spiro atoms. The van der Waals surface area contributed by atoms with Crippen molar-refractivity contribution in [1.82, 2.24) is 15.5 Å². The van der Waals surface area contributed by atoms with Crippen molar-refractivity contribution in [3.8, 4) is 0 Å². The molecular formula is C12H14N4O2. The van der Waals surface area contributed by atoms with E-state index in [4.69, 9.17) is 5.73 Å². The maximum atomic E-state index is 11.9. The highest BCUT2D eigenvalue weighted by Crippen LogP contribution is 2.12. The summed E-state index contributed by atoms with van der Waals surface area (Å²) in [5, 5.41) is 18.2. The first-order valence-corrected chi connectivity index (χ1v) is 5.48. The lowest BCUT2D eigenvalue weighted by Crippen LogP contribution is -2.31. The summed E-state index contributed by atoms with van der Waals surface area (Å²) < 4.78 is 0. The number of rotatable bonds is 4. The van der Waals surface area contributed by atoms with Crippen LogP contribution in [0.25, 0.3) is 0 Å². The number of nitrogens with two attached hydrogens (primary N) is 1. The fraction of sp³-hybridized carbons (Fsp3) is 0.167. The van der Waals surface area contributed by atoms with E-state index in [0.29, 0.717) is 0 Å². The number of carbonyl (C=O) groups is 1. The Morgan fingerprint density at radius 2 is 2.17 bits per heavy atom. The van der Waals surface area contributed by atoms with Gasteiger partial charge in [0, 0.05) is 6.07 Å². The molecule has 1 aromatic heterocycles. The number of aromatic nitrogens is 2. The largest absolute Gasteiger partial charge is 0.394 e. The Morgan fingerprint density at radius 3 is 2.72 bits per heavy atom. The summed E-state index contributed by atoms with van der Waals surface area (Å²) in [6.45, 7) is -0.181. The van der Waals surface area contributed by atoms with Crippen LogP contribution in [0.2, 0.25) is 0 Å². The third kappa shape index (κ3) is 2.67. The lowest BCUT2D eigenvalue weighted by Gasteiger charge is -2.15. The Balaban J connectivity index is 2.10. The van der Waals surface area contributed by atoms with E-state index in [1.807, 2.05) is 30.3 Å². The first kappa shape index (κ1) is 12.1. The summed E-state index contributed by atoms with van der Waals surface area (Å²) in [7, 11) is 0. The molecule has 0 aliphatic heterocycles. The minimum atomic E-state index is -0.455. The number of aromatic amines is 1. The number of hydrogen-bond acceptors (Lipinski definition) is 4. The van der Waals surface area contributed by atoms with Crippen LogP contribution in [0.1, 0.15) is 22.1 Å². The van der Waals surface area contributed by atoms with Crippen molar-refractivity contribution in [2.24, 2.45) is 0 Å². The monoisotopic (exact) mass is 246 g/mol. The fourth-order valence-corrected chi connectivity index (χ4v) is 1.61. The van der Waals surface area contributed by atoms with Gasteiger partial charge in [-0.25, -0.2) is 0 Å². The molecule has 6 nitrogen and oxygen atoms in total. The van der Waals surface area contributed by atoms with Crippen molar-refractivity contribution in [2.45, 2.75) is 6.04 Å². The number of anilines is 1. The number of aliphatic hydroxyl groups excluding tert-OH is 1. The molecule has 0 aliphatic rings. The standard InChI is InChI=1S/C12H14N4O2/c13-11-6-9(15-16-11)12(18)14-10(7-17)8-4-2-1-3-5-8/h1-6,10,17H,7H2,(H,14,18)(H3,13,15,16)/t10-/m1/s1. The zero-order chi connectivity index (χ0) is 13.0. The smallest absolute Gasteiger partial charge is 0.269 e. The Bertz CT molecular complexity index is 524. The van der Waals surface area contributed by atoms with Gasteiger partial charge < -0.3 is 16.2 Å². The number of aliphatic hydroxyl groups is 1. The summed E-state index contributed by atoms with van der Waals surface area (Å²) in [4.78, 5) is 11.9. The number of nitrogens with one attached hydrogen (secondary N) is 2. The number of nitrogen functional groups attached to an aromatic ring is 1. The summed E-state index contributed by atoms with van der Waals surface area (Å²) in [6, 6.07) is 10.2. The van der Waals surface area contributed by atoms with Gasteiger partial charge in [0.15, 0.2) is 0 Å². The van der Waals surface area contributed by atoms with Crippen molar-refractivity contribution in [3.63, 3.8) is 0 Å². The minimum absolute atomic E-state index is 0.181. The lowest BCUT2D eigenvalue weighted by molar-refractivity contribution is 0.0911. The highest BCUT2D eigenvalue weighted by atomic mass is 16.3. The number of amides is 1. The molecule has 18 heavy (non-hydrogen) atoms. The zero-order valence-electron chi connectivity index (χ0n) is 9.63. The van der Waals surface area contributed by atoms with Gasteiger partial charge in [-0.05, 0) is 5.56 Å². The van der Waals surface area contributed by atoms with E-state index in [1.54, 1.807) is 0 Å². The van der Waals surface area contributed by atoms with Gasteiger partial charge in [-0.1, -0.05) is 30.3 Å². The SMILES string of the molecule is Nc1cc(C(=O)N[C@H](CO)c2ccccc2)[nH]n1. The van der Waals surface area contributed by atoms with E-state index >= 15 is 0 Å². The normalized spacial score (nSPS) is 12.1. The topological polar surface area (TPSA) is 104 Å². The number of hydrogen-bond donors (Lipinski definition) is 4. The van der Waals surface area contributed by atoms with Gasteiger partial charge in [0.1, 0.15) is 11.5 Å². The number of benzene rings is 1. The average Bonchev–Trinajstić information content (AvgIpc) is 2.83. The second-order valence-corrected chi connectivity index (χ2v) is 3.83. The maximum Gasteiger partial charge on any atom is 0.269 e. The molecule has 1 atom stereocenters. The van der Waals surface area contributed by atoms with Crippen molar-refractivity contribution in [3.05, 3.63) is 47.7 Å². The Morgan fingerprint density at radius 1 is 1.44 bits per heavy atom. The second kappa shape index (κ2) is 5.33. The molecule has 0 bridgehead atoms. The van der Waals surface area contributed by atoms with E-state index in [-0.39, 0.29) is 24.0 Å². The molecular weight excluding hydrogens is 232 g/mol. The molecule has 94 valence electrons. The van der Waals surface area contributed by atoms with Gasteiger partial charge >= 0.3 is 0 Å². The quantitative estimate of drug-likeness (QED) is 0.629. The van der Waals surface area contributed by atoms with Crippen molar-refractivity contribution in [2.75, 3.05) is 12.3 Å². The van der Waals surface area contributed by atoms with Crippen LogP contribution in [0.15, 0.2) is 36.4 Å². The van der Waals surface area contributed by atoms with E-state index in [9.17, 15) is 9.90 Å². The molecule has 0 saturated heterocycles. The van der Waals surface area contributed by atoms with Crippen LogP contribution in [-0.2, 0) is 0 Å². The molecule has 1 aromatic carbocycles. The molecule has 0 radical (unpaired) electrons. The molecule has 0 unspecified atom stereocenters. The zero-order valence-corrected chi connectivity index (χ0v) is 9.63. The highest BCUT2D eigenvalue weighted by Gasteiger charge is 2.15. The van der Waals surface area contributed by atoms with Crippen LogP contribution < -0.4 is 11.1 Å². The number of carbonyl (C=O) groups excluding carboxylic acids is 1. The third-order valence-electron chi connectivity index (χ3n) is 2.53. The number of H-pyrrole nitrogens is 1. The highest BCUT2D eigenvalue weighted by molar-refractivity contribution is 5.93. The Labute approximate surface area is 104 Å². The molecule has 2 aromatic rings. The van der Waals surface area contributed by atoms with Crippen molar-refractivity contribution in [1.29, 1.82) is 0 Å². The Hall–Kier alpha value is -2.34. The van der Waals surface area contributed by atoms with Gasteiger partial charge in [-0.3, -0.25) is 9.89 Å². The van der Waals surface area contributed by atoms with E-state index < -0.39 is 6.04 Å². The van der Waals surface area contributed by atoms with Crippen LogP contribution in [0.4, 0.5) is 5.82 Å². The third-order valence-corrected chi connectivity index (χ3v) is 2.53. The molecule has 0 aliphatic carbocycles. The lowest BCUT2D eigenvalue weighted by atomic mass is 10.1. The fourth-order valence-electron chi connectivity index (χ4n) is 1.61. The van der Waals surface area contributed by atoms with Crippen LogP contribution in [-0.4, -0.2) is 27.8 Å². The molecule has 1 amide bonds. The summed E-state index contributed by atoms with van der Waals surface area (Å²) in [6.07, 6.45) is 0. The van der Waals surface area contributed by atoms with Crippen LogP contribution in [0, 0.1) is 0 Å². The predicted octanol–water partition coefficient (Wildman–Crippen LogP) is 0.455. The molecule has 6 heteroatoms. The maximum absolute atomic E-state index is 11.9. The van der Waals surface area contributed by atoms with Crippen LogP contribution in [0.3, 0.4) is 0 Å². The van der Waals surface area contributed by atoms with Gasteiger partial charge in [0.05, 0.1) is 12.6 Å². The van der Waals surface area contributed by atoms with E-state index in [0.717, 1.165) is 5.56 Å². The molecule has 0 saturated carbocycles. The first-order valence-electron chi connectivity index (χ1n) is 5.48. The Kier molecular flexibility index (Phi) is 3.59. The summed E-state index contributed by atoms with van der Waals surface area (Å²) in [5.74, 6) is -0.109. The van der Waals surface area contributed by atoms with Gasteiger partial charge in [-0.15, -0.1) is 0 Å². The van der Waals surface area contributed by atoms with Gasteiger partial charge in [0.2, 0.25) is 0 Å². The van der Waals surface area contributed by atoms with Crippen molar-refractivity contribution >= 4 is 11.7 Å².